The molecule has 2 aromatic heterocycles. The van der Waals surface area contributed by atoms with Gasteiger partial charge in [-0.15, -0.1) is 16.5 Å². The quantitative estimate of drug-likeness (QED) is 0.401. The van der Waals surface area contributed by atoms with E-state index in [0.29, 0.717) is 33.7 Å². The molecule has 9 nitrogen and oxygen atoms in total. The largest absolute Gasteiger partial charge is 0.493 e. The molecular formula is C22H21N5O4S. The number of aliphatic hydroxyl groups excluding tert-OH is 1. The molecule has 0 aliphatic heterocycles. The first-order chi connectivity index (χ1) is 15.5. The van der Waals surface area contributed by atoms with E-state index in [9.17, 15) is 9.90 Å². The normalized spacial score (nSPS) is 11.2. The van der Waals surface area contributed by atoms with Crippen LogP contribution in [-0.2, 0) is 6.61 Å². The lowest BCUT2D eigenvalue weighted by atomic mass is 10.1. The first kappa shape index (κ1) is 21.5. The Morgan fingerprint density at radius 1 is 1.12 bits per heavy atom. The van der Waals surface area contributed by atoms with E-state index in [1.807, 2.05) is 23.6 Å². The first-order valence-corrected chi connectivity index (χ1v) is 10.5. The molecule has 32 heavy (non-hydrogen) atoms. The molecule has 4 aromatic rings. The first-order valence-electron chi connectivity index (χ1n) is 9.65. The summed E-state index contributed by atoms with van der Waals surface area (Å²) < 4.78 is 12.0. The molecule has 164 valence electrons. The number of aliphatic hydroxyl groups is 1. The molecule has 2 aromatic carbocycles. The Hall–Kier alpha value is -3.76. The molecule has 0 amide bonds. The average molecular weight is 452 g/mol. The van der Waals surface area contributed by atoms with E-state index in [2.05, 4.69) is 20.3 Å². The molecule has 10 heteroatoms. The van der Waals surface area contributed by atoms with Gasteiger partial charge in [0.2, 0.25) is 5.13 Å². The fourth-order valence-corrected chi connectivity index (χ4v) is 3.90. The van der Waals surface area contributed by atoms with Crippen molar-refractivity contribution in [3.63, 3.8) is 0 Å². The minimum Gasteiger partial charge on any atom is -0.493 e. The van der Waals surface area contributed by atoms with E-state index in [1.165, 1.54) is 16.0 Å². The number of rotatable bonds is 7. The van der Waals surface area contributed by atoms with E-state index < -0.39 is 0 Å². The van der Waals surface area contributed by atoms with Crippen LogP contribution < -0.4 is 15.0 Å². The molecule has 0 radical (unpaired) electrons. The zero-order valence-electron chi connectivity index (χ0n) is 17.7. The maximum absolute atomic E-state index is 12.9. The summed E-state index contributed by atoms with van der Waals surface area (Å²) in [5.41, 5.74) is 3.22. The number of ether oxygens (including phenoxy) is 2. The van der Waals surface area contributed by atoms with Crippen LogP contribution in [-0.4, -0.2) is 34.1 Å². The highest BCUT2D eigenvalue weighted by Gasteiger charge is 2.16. The van der Waals surface area contributed by atoms with Gasteiger partial charge in [0.1, 0.15) is 0 Å². The van der Waals surface area contributed by atoms with Crippen molar-refractivity contribution < 1.29 is 14.6 Å². The number of thiazole rings is 1. The van der Waals surface area contributed by atoms with Gasteiger partial charge >= 0.3 is 5.56 Å². The van der Waals surface area contributed by atoms with Gasteiger partial charge in [0.05, 0.1) is 37.9 Å². The van der Waals surface area contributed by atoms with Crippen molar-refractivity contribution in [1.82, 2.24) is 14.8 Å². The van der Waals surface area contributed by atoms with Crippen molar-refractivity contribution >= 4 is 22.7 Å². The van der Waals surface area contributed by atoms with Crippen molar-refractivity contribution in [2.24, 2.45) is 10.2 Å². The van der Waals surface area contributed by atoms with Gasteiger partial charge in [-0.2, -0.15) is 9.80 Å². The lowest BCUT2D eigenvalue weighted by Crippen LogP contribution is -2.13. The predicted octanol–water partition coefficient (Wildman–Crippen LogP) is 4.52. The summed E-state index contributed by atoms with van der Waals surface area (Å²) in [7, 11) is 3.16. The number of hydrogen-bond donors (Lipinski definition) is 2. The van der Waals surface area contributed by atoms with Crippen LogP contribution in [0.1, 0.15) is 11.3 Å². The molecule has 0 unspecified atom stereocenters. The van der Waals surface area contributed by atoms with Crippen molar-refractivity contribution in [1.29, 1.82) is 0 Å². The van der Waals surface area contributed by atoms with Crippen LogP contribution in [0.5, 0.6) is 11.5 Å². The Balaban J connectivity index is 1.64. The molecule has 0 saturated carbocycles. The third-order valence-corrected chi connectivity index (χ3v) is 5.59. The molecule has 0 fully saturated rings. The van der Waals surface area contributed by atoms with Crippen LogP contribution in [0.3, 0.4) is 0 Å². The second-order valence-electron chi connectivity index (χ2n) is 6.84. The maximum Gasteiger partial charge on any atom is 0.301 e. The third kappa shape index (κ3) is 4.18. The molecule has 2 heterocycles. The number of nitrogens with one attached hydrogen (secondary N) is 1. The number of aromatic nitrogens is 3. The van der Waals surface area contributed by atoms with Crippen molar-refractivity contribution in [3.05, 3.63) is 69.5 Å². The Kier molecular flexibility index (Phi) is 6.15. The highest BCUT2D eigenvalue weighted by atomic mass is 32.1. The molecule has 0 atom stereocenters. The molecule has 0 bridgehead atoms. The van der Waals surface area contributed by atoms with Crippen LogP contribution in [0, 0.1) is 6.92 Å². The molecule has 0 spiro atoms. The highest BCUT2D eigenvalue weighted by Crippen LogP contribution is 2.33. The molecular weight excluding hydrogens is 430 g/mol. The number of H-pyrrole nitrogens is 1. The summed E-state index contributed by atoms with van der Waals surface area (Å²) >= 11 is 1.32. The van der Waals surface area contributed by atoms with Crippen LogP contribution >= 0.6 is 11.3 Å². The van der Waals surface area contributed by atoms with Crippen LogP contribution in [0.2, 0.25) is 0 Å². The Bertz CT molecular complexity index is 1340. The van der Waals surface area contributed by atoms with Crippen molar-refractivity contribution in [3.8, 4) is 27.9 Å². The zero-order valence-corrected chi connectivity index (χ0v) is 18.5. The number of benzene rings is 2. The third-order valence-electron chi connectivity index (χ3n) is 4.76. The smallest absolute Gasteiger partial charge is 0.301 e. The standard InChI is InChI=1S/C22H21N5O4S/c1-13-20(25-24-16-6-4-5-14(9-16)11-28)21(29)27(26-13)22-23-17(12-32-22)15-7-8-18(30-2)19(10-15)31-3/h4-10,12,26,28H,11H2,1-3H3. The number of azo groups is 1. The topological polar surface area (TPSA) is 114 Å². The lowest BCUT2D eigenvalue weighted by molar-refractivity contribution is 0.282. The van der Waals surface area contributed by atoms with Gasteiger partial charge in [0.15, 0.2) is 17.2 Å². The summed E-state index contributed by atoms with van der Waals surface area (Å²) in [4.78, 5) is 17.5. The van der Waals surface area contributed by atoms with Gasteiger partial charge < -0.3 is 14.6 Å². The number of nitrogens with zero attached hydrogens (tertiary/aromatic N) is 4. The summed E-state index contributed by atoms with van der Waals surface area (Å²) in [6.07, 6.45) is 0. The van der Waals surface area contributed by atoms with Crippen LogP contribution in [0.25, 0.3) is 16.4 Å². The fraction of sp³-hybridized carbons (Fsp3) is 0.182. The molecule has 0 saturated heterocycles. The Morgan fingerprint density at radius 2 is 1.94 bits per heavy atom. The number of aryl methyl sites for hydroxylation is 1. The second kappa shape index (κ2) is 9.16. The monoisotopic (exact) mass is 451 g/mol. The van der Waals surface area contributed by atoms with Gasteiger partial charge in [-0.25, -0.2) is 4.98 Å². The number of hydrogen-bond acceptors (Lipinski definition) is 8. The zero-order chi connectivity index (χ0) is 22.7. The van der Waals surface area contributed by atoms with Gasteiger partial charge in [-0.1, -0.05) is 12.1 Å². The van der Waals surface area contributed by atoms with E-state index in [4.69, 9.17) is 9.47 Å². The molecule has 2 N–H and O–H groups in total. The minimum absolute atomic E-state index is 0.0915. The van der Waals surface area contributed by atoms with Gasteiger partial charge in [0, 0.05) is 10.9 Å². The Morgan fingerprint density at radius 3 is 2.69 bits per heavy atom. The minimum atomic E-state index is -0.349. The number of aromatic amines is 1. The summed E-state index contributed by atoms with van der Waals surface area (Å²) in [5, 5.41) is 22.9. The highest BCUT2D eigenvalue weighted by molar-refractivity contribution is 7.12. The predicted molar refractivity (Wildman–Crippen MR) is 122 cm³/mol. The SMILES string of the molecule is COc1ccc(-c2csc(-n3[nH]c(C)c(N=Nc4cccc(CO)c4)c3=O)n2)cc1OC. The van der Waals surface area contributed by atoms with E-state index in [1.54, 1.807) is 45.4 Å². The van der Waals surface area contributed by atoms with Gasteiger partial charge in [0.25, 0.3) is 0 Å². The summed E-state index contributed by atoms with van der Waals surface area (Å²) in [6, 6.07) is 12.5. The summed E-state index contributed by atoms with van der Waals surface area (Å²) in [5.74, 6) is 1.22. The van der Waals surface area contributed by atoms with Gasteiger partial charge in [-0.3, -0.25) is 9.89 Å². The fourth-order valence-electron chi connectivity index (χ4n) is 3.11. The maximum atomic E-state index is 12.9. The van der Waals surface area contributed by atoms with Crippen molar-refractivity contribution in [2.75, 3.05) is 14.2 Å². The summed E-state index contributed by atoms with van der Waals surface area (Å²) in [6.45, 7) is 1.66. The second-order valence-corrected chi connectivity index (χ2v) is 7.68. The number of methoxy groups -OCH3 is 2. The van der Waals surface area contributed by atoms with Crippen LogP contribution in [0.4, 0.5) is 11.4 Å². The van der Waals surface area contributed by atoms with E-state index in [-0.39, 0.29) is 17.9 Å². The van der Waals surface area contributed by atoms with E-state index >= 15 is 0 Å². The van der Waals surface area contributed by atoms with Crippen molar-refractivity contribution in [2.45, 2.75) is 13.5 Å². The van der Waals surface area contributed by atoms with Crippen LogP contribution in [0.15, 0.2) is 62.9 Å². The molecule has 0 aliphatic rings. The molecule has 0 aliphatic carbocycles. The Labute approximate surface area is 187 Å². The lowest BCUT2D eigenvalue weighted by Gasteiger charge is -2.08. The van der Waals surface area contributed by atoms with Gasteiger partial charge in [-0.05, 0) is 42.8 Å². The average Bonchev–Trinajstić information content (AvgIpc) is 3.42. The van der Waals surface area contributed by atoms with E-state index in [0.717, 1.165) is 11.1 Å². The molecule has 4 rings (SSSR count).